The van der Waals surface area contributed by atoms with Crippen molar-refractivity contribution < 1.29 is 38.4 Å². The zero-order valence-corrected chi connectivity index (χ0v) is 28.8. The molecule has 4 rings (SSSR count). The number of thioether (sulfide) groups is 1. The number of carbonyl (C=O) groups excluding carboxylic acids is 1. The number of benzene rings is 3. The van der Waals surface area contributed by atoms with Crippen molar-refractivity contribution in [1.29, 1.82) is 0 Å². The first-order valence-corrected chi connectivity index (χ1v) is 16.4. The van der Waals surface area contributed by atoms with E-state index in [1.807, 2.05) is 62.4 Å². The van der Waals surface area contributed by atoms with Gasteiger partial charge in [0.25, 0.3) is 0 Å². The number of rotatable bonds is 14. The van der Waals surface area contributed by atoms with E-state index in [9.17, 15) is 10.0 Å². The van der Waals surface area contributed by atoms with Crippen molar-refractivity contribution in [2.75, 3.05) is 40.3 Å². The largest absolute Gasteiger partial charge is 0.493 e. The number of urea groups is 1. The van der Waals surface area contributed by atoms with Crippen molar-refractivity contribution in [2.45, 2.75) is 62.1 Å². The lowest BCUT2D eigenvalue weighted by molar-refractivity contribution is -0.0379. The Hall–Kier alpha value is -3.32. The van der Waals surface area contributed by atoms with Crippen LogP contribution in [0.25, 0.3) is 0 Å². The van der Waals surface area contributed by atoms with Gasteiger partial charge in [0, 0.05) is 9.37 Å². The molecule has 1 heterocycles. The normalized spacial score (nSPS) is 16.5. The van der Waals surface area contributed by atoms with Gasteiger partial charge in [-0.25, -0.2) is 9.86 Å². The van der Waals surface area contributed by atoms with E-state index in [1.165, 1.54) is 11.8 Å². The summed E-state index contributed by atoms with van der Waals surface area (Å²) in [5.74, 6) is 2.41. The van der Waals surface area contributed by atoms with Crippen LogP contribution >= 0.6 is 27.7 Å². The Kier molecular flexibility index (Phi) is 12.5. The highest BCUT2D eigenvalue weighted by Gasteiger charge is 2.31. The molecule has 2 amide bonds. The number of anilines is 1. The first-order valence-electron chi connectivity index (χ1n) is 14.7. The van der Waals surface area contributed by atoms with Crippen molar-refractivity contribution in [3.8, 4) is 28.7 Å². The average Bonchev–Trinajstić information content (AvgIpc) is 3.55. The van der Waals surface area contributed by atoms with Gasteiger partial charge in [-0.15, -0.1) is 0 Å². The molecule has 45 heavy (non-hydrogen) atoms. The highest BCUT2D eigenvalue weighted by molar-refractivity contribution is 9.10. The minimum atomic E-state index is -0.666. The van der Waals surface area contributed by atoms with Gasteiger partial charge in [0.1, 0.15) is 5.44 Å². The molecule has 12 heteroatoms. The smallest absolute Gasteiger partial charge is 0.345 e. The molecule has 244 valence electrons. The second-order valence-electron chi connectivity index (χ2n) is 10.4. The summed E-state index contributed by atoms with van der Waals surface area (Å²) < 4.78 is 36.3. The van der Waals surface area contributed by atoms with Crippen molar-refractivity contribution in [3.63, 3.8) is 0 Å². The van der Waals surface area contributed by atoms with Gasteiger partial charge < -0.3 is 33.7 Å². The van der Waals surface area contributed by atoms with Crippen molar-refractivity contribution in [2.24, 2.45) is 0 Å². The standard InChI is InChI=1S/C33H41BrN2O8S/c1-7-8-15-36(38)33(37)35-24-16-21(17-27(39-3)31(24)43-20(2)45-30-12-10-9-11-23(30)34)25-13-14-26(44-25)22-18-28(40-4)32(42-6)29(19-22)41-5/h9-12,16-20,25-26,38H,7-8,13-15H2,1-6H3,(H,35,37). The van der Waals surface area contributed by atoms with Gasteiger partial charge in [-0.1, -0.05) is 37.2 Å². The quantitative estimate of drug-likeness (QED) is 0.0738. The van der Waals surface area contributed by atoms with Crippen LogP contribution < -0.4 is 29.0 Å². The van der Waals surface area contributed by atoms with E-state index in [0.29, 0.717) is 45.9 Å². The maximum atomic E-state index is 13.0. The summed E-state index contributed by atoms with van der Waals surface area (Å²) in [6.45, 7) is 4.11. The Labute approximate surface area is 277 Å². The summed E-state index contributed by atoms with van der Waals surface area (Å²) >= 11 is 5.10. The molecule has 3 aromatic rings. The van der Waals surface area contributed by atoms with Gasteiger partial charge in [0.2, 0.25) is 5.75 Å². The van der Waals surface area contributed by atoms with Gasteiger partial charge >= 0.3 is 6.03 Å². The van der Waals surface area contributed by atoms with Crippen LogP contribution in [0, 0.1) is 0 Å². The van der Waals surface area contributed by atoms with E-state index >= 15 is 0 Å². The summed E-state index contributed by atoms with van der Waals surface area (Å²) in [5.41, 5.74) is 1.71. The van der Waals surface area contributed by atoms with Crippen LogP contribution in [0.4, 0.5) is 10.5 Å². The van der Waals surface area contributed by atoms with Gasteiger partial charge in [0.15, 0.2) is 23.0 Å². The molecule has 2 N–H and O–H groups in total. The second kappa shape index (κ2) is 16.3. The summed E-state index contributed by atoms with van der Waals surface area (Å²) in [6, 6.07) is 14.7. The number of methoxy groups -OCH3 is 4. The molecule has 0 bridgehead atoms. The fraction of sp³-hybridized carbons (Fsp3) is 0.424. The molecule has 0 spiro atoms. The number of hydrogen-bond acceptors (Lipinski definition) is 9. The minimum absolute atomic E-state index is 0.200. The molecule has 1 saturated heterocycles. The molecule has 1 aliphatic heterocycles. The molecule has 3 aromatic carbocycles. The number of nitrogens with zero attached hydrogens (tertiary/aromatic N) is 1. The van der Waals surface area contributed by atoms with E-state index in [0.717, 1.165) is 39.8 Å². The molecule has 3 atom stereocenters. The Morgan fingerprint density at radius 3 is 2.11 bits per heavy atom. The molecule has 0 aliphatic carbocycles. The van der Waals surface area contributed by atoms with Crippen molar-refractivity contribution in [1.82, 2.24) is 5.06 Å². The fourth-order valence-electron chi connectivity index (χ4n) is 5.09. The number of hydroxylamine groups is 2. The predicted octanol–water partition coefficient (Wildman–Crippen LogP) is 8.62. The fourth-order valence-corrected chi connectivity index (χ4v) is 6.49. The number of hydrogen-bond donors (Lipinski definition) is 2. The Bertz CT molecular complexity index is 1430. The number of nitrogens with one attached hydrogen (secondary N) is 1. The van der Waals surface area contributed by atoms with Crippen LogP contribution in [0.1, 0.15) is 62.9 Å². The van der Waals surface area contributed by atoms with Crippen LogP contribution in [0.15, 0.2) is 57.9 Å². The molecule has 0 aromatic heterocycles. The third-order valence-electron chi connectivity index (χ3n) is 7.36. The van der Waals surface area contributed by atoms with Crippen LogP contribution in [0.2, 0.25) is 0 Å². The lowest BCUT2D eigenvalue weighted by Crippen LogP contribution is -2.33. The van der Waals surface area contributed by atoms with Crippen LogP contribution in [0.5, 0.6) is 28.7 Å². The lowest BCUT2D eigenvalue weighted by Gasteiger charge is -2.24. The molecular formula is C33H41BrN2O8S. The second-order valence-corrected chi connectivity index (χ2v) is 12.6. The van der Waals surface area contributed by atoms with Gasteiger partial charge in [-0.2, -0.15) is 0 Å². The lowest BCUT2D eigenvalue weighted by atomic mass is 10.0. The number of halogens is 1. The highest BCUT2D eigenvalue weighted by atomic mass is 79.9. The van der Waals surface area contributed by atoms with Gasteiger partial charge in [-0.3, -0.25) is 5.21 Å². The van der Waals surface area contributed by atoms with Crippen LogP contribution in [-0.4, -0.2) is 56.7 Å². The number of amides is 2. The molecule has 3 unspecified atom stereocenters. The van der Waals surface area contributed by atoms with E-state index in [1.54, 1.807) is 28.4 Å². The third kappa shape index (κ3) is 8.49. The minimum Gasteiger partial charge on any atom is -0.493 e. The molecule has 1 fully saturated rings. The predicted molar refractivity (Wildman–Crippen MR) is 177 cm³/mol. The molecule has 10 nitrogen and oxygen atoms in total. The summed E-state index contributed by atoms with van der Waals surface area (Å²) in [4.78, 5) is 14.0. The zero-order chi connectivity index (χ0) is 32.5. The number of unbranched alkanes of at least 4 members (excludes halogenated alkanes) is 1. The summed E-state index contributed by atoms with van der Waals surface area (Å²) in [5, 5.41) is 13.9. The molecule has 0 radical (unpaired) electrons. The third-order valence-corrected chi connectivity index (χ3v) is 9.35. The van der Waals surface area contributed by atoms with Crippen LogP contribution in [-0.2, 0) is 4.74 Å². The van der Waals surface area contributed by atoms with Gasteiger partial charge in [-0.05, 0) is 89.6 Å². The zero-order valence-electron chi connectivity index (χ0n) is 26.4. The molecule has 0 saturated carbocycles. The molecule has 1 aliphatic rings. The Morgan fingerprint density at radius 2 is 1.56 bits per heavy atom. The van der Waals surface area contributed by atoms with E-state index in [-0.39, 0.29) is 24.2 Å². The number of ether oxygens (including phenoxy) is 6. The van der Waals surface area contributed by atoms with Gasteiger partial charge in [0.05, 0.1) is 52.9 Å². The molecular weight excluding hydrogens is 664 g/mol. The van der Waals surface area contributed by atoms with Crippen LogP contribution in [0.3, 0.4) is 0 Å². The highest BCUT2D eigenvalue weighted by Crippen LogP contribution is 2.48. The Morgan fingerprint density at radius 1 is 0.978 bits per heavy atom. The first-order chi connectivity index (χ1) is 21.7. The van der Waals surface area contributed by atoms with Crippen molar-refractivity contribution in [3.05, 3.63) is 64.1 Å². The topological polar surface area (TPSA) is 108 Å². The van der Waals surface area contributed by atoms with E-state index < -0.39 is 6.03 Å². The van der Waals surface area contributed by atoms with E-state index in [4.69, 9.17) is 28.4 Å². The maximum absolute atomic E-state index is 13.0. The average molecular weight is 706 g/mol. The maximum Gasteiger partial charge on any atom is 0.345 e. The van der Waals surface area contributed by atoms with Crippen molar-refractivity contribution >= 4 is 39.4 Å². The number of carbonyl (C=O) groups is 1. The monoisotopic (exact) mass is 704 g/mol. The first kappa shape index (κ1) is 34.6. The summed E-state index contributed by atoms with van der Waals surface area (Å²) in [7, 11) is 6.29. The summed E-state index contributed by atoms with van der Waals surface area (Å²) in [6.07, 6.45) is 2.42. The SMILES string of the molecule is CCCCN(O)C(=O)Nc1cc(C2CCC(c3cc(OC)c(OC)c(OC)c3)O2)cc(OC)c1OC(C)Sc1ccccc1Br. The van der Waals surface area contributed by atoms with E-state index in [2.05, 4.69) is 21.2 Å². The Balaban J connectivity index is 1.64.